The molecule has 0 saturated heterocycles. The van der Waals surface area contributed by atoms with E-state index in [2.05, 4.69) is 0 Å². The lowest BCUT2D eigenvalue weighted by molar-refractivity contribution is -0.121. The van der Waals surface area contributed by atoms with Gasteiger partial charge in [-0.2, -0.15) is 5.10 Å². The lowest BCUT2D eigenvalue weighted by Gasteiger charge is -2.22. The maximum atomic E-state index is 13.3. The Morgan fingerprint density at radius 3 is 2.65 bits per heavy atom. The number of benzene rings is 2. The number of rotatable bonds is 5. The van der Waals surface area contributed by atoms with E-state index in [1.54, 1.807) is 22.1 Å². The van der Waals surface area contributed by atoms with E-state index in [1.165, 1.54) is 16.7 Å². The van der Waals surface area contributed by atoms with Crippen LogP contribution in [0, 0.1) is 0 Å². The van der Waals surface area contributed by atoms with E-state index in [0.717, 1.165) is 16.0 Å². The van der Waals surface area contributed by atoms with Crippen molar-refractivity contribution in [1.82, 2.24) is 9.78 Å². The molecule has 0 spiro atoms. The standard InChI is InChI=1S/C24H18Cl2N4O2S2/c25-15-6-3-5-14(11-15)23-21-22(18-9-4-10-33-18)28-30(17-8-2-1-7-16(17)26)24(21)29(12-19(27)31)20(32)13-34-23/h1-11,23H,12-13H2,(H2,27,31)/t23-/m0/s1. The van der Waals surface area contributed by atoms with E-state index in [4.69, 9.17) is 34.0 Å². The molecular weight excluding hydrogens is 511 g/mol. The Kier molecular flexibility index (Phi) is 6.40. The van der Waals surface area contributed by atoms with Gasteiger partial charge in [0, 0.05) is 10.6 Å². The van der Waals surface area contributed by atoms with Crippen LogP contribution >= 0.6 is 46.3 Å². The molecule has 3 heterocycles. The summed E-state index contributed by atoms with van der Waals surface area (Å²) in [4.78, 5) is 27.7. The number of para-hydroxylation sites is 1. The van der Waals surface area contributed by atoms with Crippen molar-refractivity contribution in [3.63, 3.8) is 0 Å². The Labute approximate surface area is 214 Å². The highest BCUT2D eigenvalue weighted by atomic mass is 35.5. The van der Waals surface area contributed by atoms with Gasteiger partial charge in [0.2, 0.25) is 11.8 Å². The highest BCUT2D eigenvalue weighted by molar-refractivity contribution is 8.00. The van der Waals surface area contributed by atoms with E-state index in [9.17, 15) is 9.59 Å². The fourth-order valence-electron chi connectivity index (χ4n) is 3.99. The number of nitrogens with two attached hydrogens (primary N) is 1. The summed E-state index contributed by atoms with van der Waals surface area (Å²) in [5, 5.41) is 7.72. The number of thiophene rings is 1. The van der Waals surface area contributed by atoms with Gasteiger partial charge in [0.15, 0.2) is 0 Å². The fraction of sp³-hybridized carbons (Fsp3) is 0.125. The topological polar surface area (TPSA) is 81.2 Å². The Balaban J connectivity index is 1.86. The highest BCUT2D eigenvalue weighted by Crippen LogP contribution is 2.49. The summed E-state index contributed by atoms with van der Waals surface area (Å²) in [5.41, 5.74) is 8.62. The molecule has 2 aromatic carbocycles. The van der Waals surface area contributed by atoms with Gasteiger partial charge in [-0.05, 0) is 41.3 Å². The number of primary amides is 1. The van der Waals surface area contributed by atoms with Gasteiger partial charge < -0.3 is 5.73 Å². The monoisotopic (exact) mass is 528 g/mol. The summed E-state index contributed by atoms with van der Waals surface area (Å²) < 4.78 is 1.65. The summed E-state index contributed by atoms with van der Waals surface area (Å²) in [6, 6.07) is 18.8. The highest BCUT2D eigenvalue weighted by Gasteiger charge is 2.38. The normalized spacial score (nSPS) is 15.8. The summed E-state index contributed by atoms with van der Waals surface area (Å²) in [5.74, 6) is -0.211. The molecular formula is C24H18Cl2N4O2S2. The molecule has 6 nitrogen and oxygen atoms in total. The number of hydrogen-bond acceptors (Lipinski definition) is 5. The quantitative estimate of drug-likeness (QED) is 0.367. The van der Waals surface area contributed by atoms with Gasteiger partial charge in [-0.3, -0.25) is 14.5 Å². The molecule has 1 atom stereocenters. The number of nitrogens with zero attached hydrogens (tertiary/aromatic N) is 3. The predicted octanol–water partition coefficient (Wildman–Crippen LogP) is 5.56. The van der Waals surface area contributed by atoms with E-state index in [1.807, 2.05) is 60.0 Å². The third-order valence-electron chi connectivity index (χ3n) is 5.39. The Morgan fingerprint density at radius 1 is 1.12 bits per heavy atom. The van der Waals surface area contributed by atoms with Crippen LogP contribution in [-0.2, 0) is 9.59 Å². The van der Waals surface area contributed by atoms with Crippen LogP contribution in [0.25, 0.3) is 16.3 Å². The van der Waals surface area contributed by atoms with Crippen molar-refractivity contribution < 1.29 is 9.59 Å². The maximum Gasteiger partial charge on any atom is 0.238 e. The van der Waals surface area contributed by atoms with E-state index < -0.39 is 5.91 Å². The van der Waals surface area contributed by atoms with Crippen molar-refractivity contribution in [3.8, 4) is 16.3 Å². The van der Waals surface area contributed by atoms with Crippen LogP contribution in [0.2, 0.25) is 10.0 Å². The molecule has 0 radical (unpaired) electrons. The zero-order valence-corrected chi connectivity index (χ0v) is 20.8. The SMILES string of the molecule is NC(=O)CN1C(=O)CS[C@@H](c2cccc(Cl)c2)c2c(-c3cccs3)nn(-c3ccccc3Cl)c21. The molecule has 1 aliphatic rings. The number of carbonyl (C=O) groups excluding carboxylic acids is 2. The number of halogens is 2. The lowest BCUT2D eigenvalue weighted by atomic mass is 10.0. The molecule has 172 valence electrons. The molecule has 5 rings (SSSR count). The number of anilines is 1. The number of aromatic nitrogens is 2. The zero-order valence-electron chi connectivity index (χ0n) is 17.7. The number of fused-ring (bicyclic) bond motifs is 1. The molecule has 4 aromatic rings. The third kappa shape index (κ3) is 4.22. The minimum atomic E-state index is -0.616. The number of thioether (sulfide) groups is 1. The summed E-state index contributed by atoms with van der Waals surface area (Å²) in [6.07, 6.45) is 0. The second-order valence-electron chi connectivity index (χ2n) is 7.62. The average molecular weight is 529 g/mol. The molecule has 10 heteroatoms. The van der Waals surface area contributed by atoms with Crippen LogP contribution in [-0.4, -0.2) is 33.9 Å². The molecule has 2 amide bonds. The van der Waals surface area contributed by atoms with Crippen molar-refractivity contribution in [1.29, 1.82) is 0 Å². The van der Waals surface area contributed by atoms with Crippen LogP contribution < -0.4 is 10.6 Å². The first-order valence-electron chi connectivity index (χ1n) is 10.3. The van der Waals surface area contributed by atoms with Crippen LogP contribution in [0.4, 0.5) is 5.82 Å². The number of carbonyl (C=O) groups is 2. The maximum absolute atomic E-state index is 13.3. The smallest absolute Gasteiger partial charge is 0.238 e. The van der Waals surface area contributed by atoms with E-state index >= 15 is 0 Å². The summed E-state index contributed by atoms with van der Waals surface area (Å²) >= 11 is 15.9. The van der Waals surface area contributed by atoms with E-state index in [0.29, 0.717) is 27.2 Å². The first kappa shape index (κ1) is 23.0. The van der Waals surface area contributed by atoms with Crippen molar-refractivity contribution in [3.05, 3.63) is 87.2 Å². The van der Waals surface area contributed by atoms with Crippen molar-refractivity contribution in [2.75, 3.05) is 17.2 Å². The van der Waals surface area contributed by atoms with Gasteiger partial charge in [0.1, 0.15) is 18.1 Å². The first-order valence-corrected chi connectivity index (χ1v) is 13.0. The van der Waals surface area contributed by atoms with Crippen molar-refractivity contribution in [2.24, 2.45) is 5.73 Å². The van der Waals surface area contributed by atoms with E-state index in [-0.39, 0.29) is 23.5 Å². The summed E-state index contributed by atoms with van der Waals surface area (Å²) in [6.45, 7) is -0.269. The summed E-state index contributed by atoms with van der Waals surface area (Å²) in [7, 11) is 0. The van der Waals surface area contributed by atoms with Crippen molar-refractivity contribution in [2.45, 2.75) is 5.25 Å². The molecule has 0 fully saturated rings. The second kappa shape index (κ2) is 9.46. The van der Waals surface area contributed by atoms with Gasteiger partial charge in [0.25, 0.3) is 0 Å². The van der Waals surface area contributed by atoms with Gasteiger partial charge in [0.05, 0.1) is 26.6 Å². The average Bonchev–Trinajstić information content (AvgIpc) is 3.43. The van der Waals surface area contributed by atoms with Gasteiger partial charge in [-0.25, -0.2) is 4.68 Å². The largest absolute Gasteiger partial charge is 0.368 e. The minimum absolute atomic E-state index is 0.158. The van der Waals surface area contributed by atoms with Crippen LogP contribution in [0.5, 0.6) is 0 Å². The molecule has 34 heavy (non-hydrogen) atoms. The molecule has 1 aliphatic heterocycles. The number of hydrogen-bond donors (Lipinski definition) is 1. The minimum Gasteiger partial charge on any atom is -0.368 e. The molecule has 2 N–H and O–H groups in total. The zero-order chi connectivity index (χ0) is 23.8. The molecule has 0 bridgehead atoms. The first-order chi connectivity index (χ1) is 16.4. The van der Waals surface area contributed by atoms with Gasteiger partial charge in [-0.15, -0.1) is 23.1 Å². The molecule has 0 aliphatic carbocycles. The number of amides is 2. The predicted molar refractivity (Wildman–Crippen MR) is 139 cm³/mol. The lowest BCUT2D eigenvalue weighted by Crippen LogP contribution is -2.40. The third-order valence-corrected chi connectivity index (χ3v) is 8.08. The van der Waals surface area contributed by atoms with Crippen molar-refractivity contribution >= 4 is 63.9 Å². The second-order valence-corrected chi connectivity index (χ2v) is 10.5. The van der Waals surface area contributed by atoms with Gasteiger partial charge >= 0.3 is 0 Å². The van der Waals surface area contributed by atoms with Crippen LogP contribution in [0.3, 0.4) is 0 Å². The fourth-order valence-corrected chi connectivity index (χ4v) is 6.32. The molecule has 0 saturated carbocycles. The molecule has 0 unspecified atom stereocenters. The Morgan fingerprint density at radius 2 is 1.94 bits per heavy atom. The van der Waals surface area contributed by atoms with Crippen LogP contribution in [0.15, 0.2) is 66.0 Å². The molecule has 2 aromatic heterocycles. The Bertz CT molecular complexity index is 1390. The van der Waals surface area contributed by atoms with Gasteiger partial charge in [-0.1, -0.05) is 53.5 Å². The Hall–Kier alpha value is -2.78. The van der Waals surface area contributed by atoms with Crippen LogP contribution in [0.1, 0.15) is 16.4 Å².